The van der Waals surface area contributed by atoms with E-state index in [0.29, 0.717) is 11.0 Å². The van der Waals surface area contributed by atoms with Gasteiger partial charge in [-0.05, 0) is 25.5 Å². The van der Waals surface area contributed by atoms with Gasteiger partial charge in [-0.15, -0.1) is 0 Å². The van der Waals surface area contributed by atoms with Crippen molar-refractivity contribution in [3.8, 4) is 0 Å². The zero-order valence-corrected chi connectivity index (χ0v) is 18.1. The highest BCUT2D eigenvalue weighted by atomic mass is 35.5. The smallest absolute Gasteiger partial charge is 0.306 e. The fourth-order valence-electron chi connectivity index (χ4n) is 3.83. The summed E-state index contributed by atoms with van der Waals surface area (Å²) in [5, 5.41) is 0.446. The minimum atomic E-state index is -0.0663. The molecule has 1 unspecified atom stereocenters. The lowest BCUT2D eigenvalue weighted by Crippen LogP contribution is -2.40. The van der Waals surface area contributed by atoms with Gasteiger partial charge >= 0.3 is 5.91 Å². The van der Waals surface area contributed by atoms with Crippen LogP contribution in [0, 0.1) is 0 Å². The van der Waals surface area contributed by atoms with Crippen LogP contribution in [0.4, 0.5) is 0 Å². The normalized spacial score (nSPS) is 18.9. The summed E-state index contributed by atoms with van der Waals surface area (Å²) in [5.41, 5.74) is 2.02. The SMILES string of the molecule is COC(=C\c1ccccc1)/[N+](=C1/CCC(c2ccc(Cl)nc2)N1C(C)=O)C(C)C. The third-order valence-electron chi connectivity index (χ3n) is 5.04. The molecule has 0 aliphatic carbocycles. The summed E-state index contributed by atoms with van der Waals surface area (Å²) in [7, 11) is 1.67. The Labute approximate surface area is 177 Å². The summed E-state index contributed by atoms with van der Waals surface area (Å²) in [6.45, 7) is 5.80. The molecule has 1 atom stereocenters. The first-order valence-corrected chi connectivity index (χ1v) is 10.2. The molecule has 1 fully saturated rings. The largest absolute Gasteiger partial charge is 0.466 e. The molecule has 1 amide bonds. The van der Waals surface area contributed by atoms with Gasteiger partial charge in [0, 0.05) is 31.2 Å². The Hall–Kier alpha value is -2.66. The predicted octanol–water partition coefficient (Wildman–Crippen LogP) is 4.88. The molecule has 1 aromatic heterocycles. The van der Waals surface area contributed by atoms with Crippen molar-refractivity contribution in [3.05, 3.63) is 70.8 Å². The van der Waals surface area contributed by atoms with Gasteiger partial charge in [0.05, 0.1) is 19.6 Å². The molecule has 0 N–H and O–H groups in total. The van der Waals surface area contributed by atoms with Gasteiger partial charge in [-0.2, -0.15) is 9.48 Å². The highest BCUT2D eigenvalue weighted by Gasteiger charge is 2.43. The Bertz CT molecular complexity index is 921. The van der Waals surface area contributed by atoms with Crippen LogP contribution >= 0.6 is 11.6 Å². The zero-order valence-electron chi connectivity index (χ0n) is 17.3. The van der Waals surface area contributed by atoms with E-state index in [2.05, 4.69) is 23.4 Å². The molecule has 3 rings (SSSR count). The number of amidine groups is 1. The van der Waals surface area contributed by atoms with Gasteiger partial charge in [0.1, 0.15) is 11.2 Å². The second-order valence-corrected chi connectivity index (χ2v) is 7.72. The van der Waals surface area contributed by atoms with Crippen molar-refractivity contribution in [1.82, 2.24) is 9.88 Å². The zero-order chi connectivity index (χ0) is 21.0. The lowest BCUT2D eigenvalue weighted by molar-refractivity contribution is -0.542. The molecular weight excluding hydrogens is 386 g/mol. The molecule has 29 heavy (non-hydrogen) atoms. The maximum absolute atomic E-state index is 12.7. The molecule has 5 nitrogen and oxygen atoms in total. The van der Waals surface area contributed by atoms with Gasteiger partial charge < -0.3 is 4.74 Å². The number of methoxy groups -OCH3 is 1. The monoisotopic (exact) mass is 412 g/mol. The van der Waals surface area contributed by atoms with Crippen LogP contribution in [-0.2, 0) is 9.53 Å². The second kappa shape index (κ2) is 9.23. The van der Waals surface area contributed by atoms with E-state index in [1.54, 1.807) is 26.3 Å². The van der Waals surface area contributed by atoms with Crippen LogP contribution in [0.15, 0.2) is 54.5 Å². The molecule has 0 radical (unpaired) electrons. The van der Waals surface area contributed by atoms with Crippen molar-refractivity contribution in [1.29, 1.82) is 0 Å². The number of carbonyl (C=O) groups excluding carboxylic acids is 1. The molecule has 0 bridgehead atoms. The van der Waals surface area contributed by atoms with E-state index in [1.165, 1.54) is 0 Å². The molecule has 1 saturated heterocycles. The van der Waals surface area contributed by atoms with E-state index in [0.717, 1.165) is 29.8 Å². The third-order valence-corrected chi connectivity index (χ3v) is 5.26. The second-order valence-electron chi connectivity index (χ2n) is 7.34. The molecule has 1 aromatic carbocycles. The molecule has 2 aromatic rings. The highest BCUT2D eigenvalue weighted by Crippen LogP contribution is 2.34. The quantitative estimate of drug-likeness (QED) is 0.399. The summed E-state index contributed by atoms with van der Waals surface area (Å²) in [6, 6.07) is 13.8. The van der Waals surface area contributed by atoms with E-state index in [-0.39, 0.29) is 18.0 Å². The number of hydrogen-bond donors (Lipinski definition) is 0. The van der Waals surface area contributed by atoms with E-state index >= 15 is 0 Å². The van der Waals surface area contributed by atoms with Crippen LogP contribution in [0.2, 0.25) is 5.15 Å². The standard InChI is InChI=1S/C23H27ClN3O2/c1-16(2)26(23(29-4)14-18-8-6-5-7-9-18)22-13-11-20(27(22)17(3)28)19-10-12-21(24)25-15-19/h5-10,12,14-16,20H,11,13H2,1-4H3/q+1/b23-14-. The number of amides is 1. The number of likely N-dealkylation sites (tertiary alicyclic amines) is 1. The molecule has 1 aliphatic heterocycles. The number of pyridine rings is 1. The molecule has 0 saturated carbocycles. The fraction of sp³-hybridized carbons (Fsp3) is 0.348. The Kier molecular flexibility index (Phi) is 6.70. The van der Waals surface area contributed by atoms with Gasteiger partial charge in [0.25, 0.3) is 11.7 Å². The minimum Gasteiger partial charge on any atom is -0.466 e. The van der Waals surface area contributed by atoms with Crippen LogP contribution in [0.1, 0.15) is 50.8 Å². The summed E-state index contributed by atoms with van der Waals surface area (Å²) in [4.78, 5) is 18.7. The number of carbonyl (C=O) groups is 1. The van der Waals surface area contributed by atoms with Crippen molar-refractivity contribution < 1.29 is 14.1 Å². The first-order valence-electron chi connectivity index (χ1n) is 9.79. The lowest BCUT2D eigenvalue weighted by atomic mass is 10.1. The first-order chi connectivity index (χ1) is 13.9. The van der Waals surface area contributed by atoms with E-state index in [1.807, 2.05) is 47.4 Å². The third kappa shape index (κ3) is 4.67. The van der Waals surface area contributed by atoms with Gasteiger partial charge in [-0.3, -0.25) is 0 Å². The Morgan fingerprint density at radius 1 is 1.28 bits per heavy atom. The van der Waals surface area contributed by atoms with Crippen molar-refractivity contribution in [2.75, 3.05) is 7.11 Å². The number of hydrogen-bond acceptors (Lipinski definition) is 3. The van der Waals surface area contributed by atoms with Crippen LogP contribution in [0.3, 0.4) is 0 Å². The Morgan fingerprint density at radius 2 is 2.00 bits per heavy atom. The summed E-state index contributed by atoms with van der Waals surface area (Å²) < 4.78 is 7.88. The van der Waals surface area contributed by atoms with Crippen LogP contribution in [0.25, 0.3) is 6.08 Å². The number of rotatable bonds is 5. The van der Waals surface area contributed by atoms with Crippen molar-refractivity contribution in [3.63, 3.8) is 0 Å². The molecular formula is C23H27ClN3O2+. The van der Waals surface area contributed by atoms with E-state index < -0.39 is 0 Å². The van der Waals surface area contributed by atoms with Gasteiger partial charge in [0.15, 0.2) is 0 Å². The van der Waals surface area contributed by atoms with E-state index in [9.17, 15) is 4.79 Å². The number of nitrogens with zero attached hydrogens (tertiary/aromatic N) is 3. The maximum Gasteiger partial charge on any atom is 0.306 e. The average Bonchev–Trinajstić information content (AvgIpc) is 3.13. The van der Waals surface area contributed by atoms with Crippen molar-refractivity contribution in [2.45, 2.75) is 45.7 Å². The lowest BCUT2D eigenvalue weighted by Gasteiger charge is -2.22. The Balaban J connectivity index is 2.09. The van der Waals surface area contributed by atoms with Gasteiger partial charge in [0.2, 0.25) is 0 Å². The van der Waals surface area contributed by atoms with Crippen molar-refractivity contribution >= 4 is 29.4 Å². The number of aromatic nitrogens is 1. The predicted molar refractivity (Wildman–Crippen MR) is 116 cm³/mol. The molecule has 1 aliphatic rings. The molecule has 6 heteroatoms. The summed E-state index contributed by atoms with van der Waals surface area (Å²) >= 11 is 5.95. The summed E-state index contributed by atoms with van der Waals surface area (Å²) in [5.74, 6) is 1.65. The van der Waals surface area contributed by atoms with Crippen LogP contribution in [0.5, 0.6) is 0 Å². The molecule has 152 valence electrons. The number of halogens is 1. The Morgan fingerprint density at radius 3 is 2.55 bits per heavy atom. The number of ether oxygens (including phenoxy) is 1. The molecule has 0 spiro atoms. The molecule has 2 heterocycles. The van der Waals surface area contributed by atoms with Crippen LogP contribution < -0.4 is 0 Å². The summed E-state index contributed by atoms with van der Waals surface area (Å²) in [6.07, 6.45) is 5.34. The fourth-order valence-corrected chi connectivity index (χ4v) is 3.94. The van der Waals surface area contributed by atoms with Crippen molar-refractivity contribution in [2.24, 2.45) is 0 Å². The van der Waals surface area contributed by atoms with Crippen LogP contribution in [-0.4, -0.2) is 39.4 Å². The minimum absolute atomic E-state index is 0.00161. The highest BCUT2D eigenvalue weighted by molar-refractivity contribution is 6.29. The first kappa shape index (κ1) is 21.1. The van der Waals surface area contributed by atoms with E-state index in [4.69, 9.17) is 16.3 Å². The number of benzene rings is 1. The average molecular weight is 413 g/mol. The van der Waals surface area contributed by atoms with Gasteiger partial charge in [-0.25, -0.2) is 9.78 Å². The topological polar surface area (TPSA) is 45.4 Å². The maximum atomic E-state index is 12.7. The van der Waals surface area contributed by atoms with Gasteiger partial charge in [-0.1, -0.05) is 48.0 Å².